The van der Waals surface area contributed by atoms with Gasteiger partial charge < -0.3 is 14.9 Å². The van der Waals surface area contributed by atoms with Crippen molar-refractivity contribution in [1.82, 2.24) is 24.8 Å². The van der Waals surface area contributed by atoms with E-state index in [4.69, 9.17) is 0 Å². The molecule has 2 saturated heterocycles. The normalized spacial score (nSPS) is 22.3. The third kappa shape index (κ3) is 2.89. The lowest BCUT2D eigenvalue weighted by atomic mass is 9.88. The van der Waals surface area contributed by atoms with Crippen LogP contribution in [0.15, 0.2) is 30.6 Å². The van der Waals surface area contributed by atoms with Crippen molar-refractivity contribution in [2.75, 3.05) is 26.2 Å². The summed E-state index contributed by atoms with van der Waals surface area (Å²) in [5.74, 6) is -0.403. The van der Waals surface area contributed by atoms with Crippen LogP contribution in [0.5, 0.6) is 0 Å². The average Bonchev–Trinajstić information content (AvgIpc) is 3.30. The molecule has 2 aliphatic rings. The predicted octanol–water partition coefficient (Wildman–Crippen LogP) is 1.48. The summed E-state index contributed by atoms with van der Waals surface area (Å²) >= 11 is 0. The zero-order chi connectivity index (χ0) is 18.3. The van der Waals surface area contributed by atoms with Crippen molar-refractivity contribution in [2.24, 2.45) is 11.8 Å². The van der Waals surface area contributed by atoms with E-state index >= 15 is 0 Å². The van der Waals surface area contributed by atoms with Crippen molar-refractivity contribution >= 4 is 12.0 Å². The maximum atomic E-state index is 13.8. The summed E-state index contributed by atoms with van der Waals surface area (Å²) < 4.78 is 13.8. The van der Waals surface area contributed by atoms with Gasteiger partial charge in [-0.3, -0.25) is 4.79 Å². The molecular formula is C17H18FN5O3. The van der Waals surface area contributed by atoms with Gasteiger partial charge >= 0.3 is 6.09 Å². The molecule has 2 aliphatic heterocycles. The fourth-order valence-electron chi connectivity index (χ4n) is 3.87. The van der Waals surface area contributed by atoms with E-state index in [1.165, 1.54) is 40.3 Å². The number of aromatic nitrogens is 3. The Hall–Kier alpha value is -2.97. The highest BCUT2D eigenvalue weighted by Gasteiger charge is 2.40. The molecule has 0 bridgehead atoms. The number of rotatable bonds is 2. The maximum Gasteiger partial charge on any atom is 0.407 e. The first kappa shape index (κ1) is 16.5. The van der Waals surface area contributed by atoms with Gasteiger partial charge in [0.1, 0.15) is 5.82 Å². The summed E-state index contributed by atoms with van der Waals surface area (Å²) in [5.41, 5.74) is 0.620. The lowest BCUT2D eigenvalue weighted by molar-refractivity contribution is 0.0641. The molecule has 0 radical (unpaired) electrons. The van der Waals surface area contributed by atoms with Gasteiger partial charge in [-0.2, -0.15) is 15.0 Å². The molecule has 3 heterocycles. The van der Waals surface area contributed by atoms with E-state index in [9.17, 15) is 19.1 Å². The first-order chi connectivity index (χ1) is 12.5. The molecule has 26 heavy (non-hydrogen) atoms. The molecule has 136 valence electrons. The average molecular weight is 359 g/mol. The van der Waals surface area contributed by atoms with E-state index < -0.39 is 11.9 Å². The molecule has 4 rings (SSSR count). The molecule has 2 atom stereocenters. The van der Waals surface area contributed by atoms with E-state index in [1.54, 1.807) is 4.90 Å². The Morgan fingerprint density at radius 3 is 2.50 bits per heavy atom. The molecule has 1 aromatic carbocycles. The molecule has 2 amide bonds. The minimum absolute atomic E-state index is 0.114. The minimum Gasteiger partial charge on any atom is -0.465 e. The lowest BCUT2D eigenvalue weighted by Crippen LogP contribution is -2.43. The van der Waals surface area contributed by atoms with Gasteiger partial charge in [0.2, 0.25) is 0 Å². The number of hydrogen-bond donors (Lipinski definition) is 1. The van der Waals surface area contributed by atoms with Crippen molar-refractivity contribution in [3.05, 3.63) is 42.0 Å². The Labute approximate surface area is 148 Å². The molecule has 8 nitrogen and oxygen atoms in total. The number of piperidine rings is 1. The summed E-state index contributed by atoms with van der Waals surface area (Å²) in [6.07, 6.45) is 2.80. The van der Waals surface area contributed by atoms with Crippen LogP contribution in [0.3, 0.4) is 0 Å². The van der Waals surface area contributed by atoms with Gasteiger partial charge in [0.05, 0.1) is 23.6 Å². The van der Waals surface area contributed by atoms with Gasteiger partial charge in [-0.15, -0.1) is 0 Å². The monoisotopic (exact) mass is 359 g/mol. The third-order valence-electron chi connectivity index (χ3n) is 5.18. The van der Waals surface area contributed by atoms with E-state index in [0.29, 0.717) is 31.9 Å². The molecule has 2 fully saturated rings. The predicted molar refractivity (Wildman–Crippen MR) is 88.4 cm³/mol. The Bertz CT molecular complexity index is 841. The first-order valence-electron chi connectivity index (χ1n) is 8.46. The van der Waals surface area contributed by atoms with Crippen LogP contribution in [-0.4, -0.2) is 68.1 Å². The van der Waals surface area contributed by atoms with Gasteiger partial charge in [0.15, 0.2) is 0 Å². The highest BCUT2D eigenvalue weighted by Crippen LogP contribution is 2.32. The van der Waals surface area contributed by atoms with Gasteiger partial charge in [-0.05, 0) is 36.5 Å². The zero-order valence-corrected chi connectivity index (χ0v) is 14.0. The number of carbonyl (C=O) groups excluding carboxylic acids is 1. The van der Waals surface area contributed by atoms with Crippen molar-refractivity contribution < 1.29 is 19.1 Å². The Morgan fingerprint density at radius 2 is 1.77 bits per heavy atom. The molecule has 0 saturated carbocycles. The standard InChI is InChI=1S/C17H18FN5O3/c18-13-1-2-15(23-19-4-5-20-23)14(7-13)16(24)21-6-3-11-8-22(17(25)26)10-12(11)9-21/h1-2,4-5,7,11-12H,3,6,8-10H2,(H,25,26)/t11-,12+/m0/s1. The summed E-state index contributed by atoms with van der Waals surface area (Å²) in [6, 6.07) is 3.95. The second-order valence-electron chi connectivity index (χ2n) is 6.73. The molecule has 0 spiro atoms. The molecule has 1 aromatic heterocycles. The van der Waals surface area contributed by atoms with Crippen molar-refractivity contribution in [3.8, 4) is 5.69 Å². The second kappa shape index (κ2) is 6.40. The van der Waals surface area contributed by atoms with Crippen molar-refractivity contribution in [2.45, 2.75) is 6.42 Å². The first-order valence-corrected chi connectivity index (χ1v) is 8.46. The Kier molecular flexibility index (Phi) is 4.06. The number of halogens is 1. The highest BCUT2D eigenvalue weighted by atomic mass is 19.1. The van der Waals surface area contributed by atoms with E-state index in [1.807, 2.05) is 0 Å². The highest BCUT2D eigenvalue weighted by molar-refractivity contribution is 5.97. The number of carbonyl (C=O) groups is 2. The van der Waals surface area contributed by atoms with Gasteiger partial charge in [-0.25, -0.2) is 9.18 Å². The van der Waals surface area contributed by atoms with Gasteiger partial charge in [-0.1, -0.05) is 0 Å². The van der Waals surface area contributed by atoms with Crippen LogP contribution in [0, 0.1) is 17.7 Å². The van der Waals surface area contributed by atoms with Crippen LogP contribution in [0.1, 0.15) is 16.8 Å². The van der Waals surface area contributed by atoms with Crippen LogP contribution < -0.4 is 0 Å². The number of benzene rings is 1. The fourth-order valence-corrected chi connectivity index (χ4v) is 3.87. The maximum absolute atomic E-state index is 13.8. The SMILES string of the molecule is O=C(O)N1C[C@@H]2CCN(C(=O)c3cc(F)ccc3-n3nccn3)C[C@@H]2C1. The number of amides is 2. The number of nitrogens with zero attached hydrogens (tertiary/aromatic N) is 5. The lowest BCUT2D eigenvalue weighted by Gasteiger charge is -2.34. The molecule has 0 unspecified atom stereocenters. The second-order valence-corrected chi connectivity index (χ2v) is 6.73. The molecule has 9 heteroatoms. The van der Waals surface area contributed by atoms with Crippen molar-refractivity contribution in [3.63, 3.8) is 0 Å². The summed E-state index contributed by atoms with van der Waals surface area (Å²) in [5, 5.41) is 17.2. The van der Waals surface area contributed by atoms with Crippen LogP contribution in [0.25, 0.3) is 5.69 Å². The number of likely N-dealkylation sites (tertiary alicyclic amines) is 2. The molecule has 2 aromatic rings. The number of carboxylic acid groups (broad SMARTS) is 1. The van der Waals surface area contributed by atoms with E-state index in [0.717, 1.165) is 6.42 Å². The van der Waals surface area contributed by atoms with Crippen molar-refractivity contribution in [1.29, 1.82) is 0 Å². The third-order valence-corrected chi connectivity index (χ3v) is 5.18. The largest absolute Gasteiger partial charge is 0.465 e. The topological polar surface area (TPSA) is 91.6 Å². The van der Waals surface area contributed by atoms with Gasteiger partial charge in [0, 0.05) is 26.2 Å². The number of hydrogen-bond acceptors (Lipinski definition) is 4. The van der Waals surface area contributed by atoms with Crippen LogP contribution in [-0.2, 0) is 0 Å². The van der Waals surface area contributed by atoms with Crippen LogP contribution in [0.4, 0.5) is 9.18 Å². The van der Waals surface area contributed by atoms with Crippen LogP contribution in [0.2, 0.25) is 0 Å². The minimum atomic E-state index is -0.922. The molecular weight excluding hydrogens is 341 g/mol. The molecule has 0 aliphatic carbocycles. The smallest absolute Gasteiger partial charge is 0.407 e. The summed E-state index contributed by atoms with van der Waals surface area (Å²) in [7, 11) is 0. The van der Waals surface area contributed by atoms with Crippen LogP contribution >= 0.6 is 0 Å². The summed E-state index contributed by atoms with van der Waals surface area (Å²) in [6.45, 7) is 1.94. The zero-order valence-electron chi connectivity index (χ0n) is 14.0. The molecule has 1 N–H and O–H groups in total. The summed E-state index contributed by atoms with van der Waals surface area (Å²) in [4.78, 5) is 28.6. The number of fused-ring (bicyclic) bond motifs is 1. The van der Waals surface area contributed by atoms with Gasteiger partial charge in [0.25, 0.3) is 5.91 Å². The Morgan fingerprint density at radius 1 is 1.08 bits per heavy atom. The fraction of sp³-hybridized carbons (Fsp3) is 0.412. The quantitative estimate of drug-likeness (QED) is 0.877. The van der Waals surface area contributed by atoms with E-state index in [-0.39, 0.29) is 23.3 Å². The van der Waals surface area contributed by atoms with E-state index in [2.05, 4.69) is 10.2 Å². The Balaban J connectivity index is 1.57.